The molecule has 0 spiro atoms. The predicted octanol–water partition coefficient (Wildman–Crippen LogP) is 4.18. The van der Waals surface area contributed by atoms with Gasteiger partial charge in [0.05, 0.1) is 0 Å². The first-order valence-electron chi connectivity index (χ1n) is 11.1. The number of rotatable bonds is 5. The molecule has 0 N–H and O–H groups in total. The van der Waals surface area contributed by atoms with Gasteiger partial charge in [-0.25, -0.2) is 4.79 Å². The van der Waals surface area contributed by atoms with Gasteiger partial charge in [-0.05, 0) is 44.6 Å². The molecule has 0 unspecified atom stereocenters. The largest absolute Gasteiger partial charge is 0.450 e. The lowest BCUT2D eigenvalue weighted by Gasteiger charge is -2.42. The molecule has 5 rings (SSSR count). The van der Waals surface area contributed by atoms with Gasteiger partial charge in [0.1, 0.15) is 11.2 Å². The van der Waals surface area contributed by atoms with Gasteiger partial charge in [-0.3, -0.25) is 9.59 Å². The van der Waals surface area contributed by atoms with E-state index in [1.807, 2.05) is 25.2 Å². The average molecular weight is 396 g/mol. The molecule has 2 heterocycles. The summed E-state index contributed by atoms with van der Waals surface area (Å²) in [6.45, 7) is 4.07. The summed E-state index contributed by atoms with van der Waals surface area (Å²) in [5.74, 6) is -0.564. The van der Waals surface area contributed by atoms with E-state index in [9.17, 15) is 14.4 Å². The third-order valence-electron chi connectivity index (χ3n) is 7.79. The number of Topliss-reactive ketones (excluding diaryl/α,β-unsaturated/α-hetero) is 1. The van der Waals surface area contributed by atoms with Crippen LogP contribution >= 0.6 is 0 Å². The van der Waals surface area contributed by atoms with Gasteiger partial charge in [0.25, 0.3) is 0 Å². The van der Waals surface area contributed by atoms with Crippen LogP contribution in [0.2, 0.25) is 0 Å². The van der Waals surface area contributed by atoms with Crippen LogP contribution in [-0.2, 0) is 23.9 Å². The van der Waals surface area contributed by atoms with Gasteiger partial charge in [-0.1, -0.05) is 32.4 Å². The Morgan fingerprint density at radius 1 is 1.24 bits per heavy atom. The van der Waals surface area contributed by atoms with E-state index in [0.717, 1.165) is 44.1 Å². The maximum atomic E-state index is 13.4. The lowest BCUT2D eigenvalue weighted by Crippen LogP contribution is -2.52. The van der Waals surface area contributed by atoms with Crippen molar-refractivity contribution in [3.05, 3.63) is 35.1 Å². The monoisotopic (exact) mass is 396 g/mol. The van der Waals surface area contributed by atoms with E-state index in [2.05, 4.69) is 6.92 Å². The van der Waals surface area contributed by atoms with E-state index in [0.29, 0.717) is 24.2 Å². The van der Waals surface area contributed by atoms with Gasteiger partial charge < -0.3 is 9.47 Å². The Balaban J connectivity index is 1.70. The number of hydrogen-bond donors (Lipinski definition) is 0. The van der Waals surface area contributed by atoms with Crippen molar-refractivity contribution in [2.75, 3.05) is 0 Å². The minimum Gasteiger partial charge on any atom is -0.450 e. The summed E-state index contributed by atoms with van der Waals surface area (Å²) in [7, 11) is 0. The van der Waals surface area contributed by atoms with Gasteiger partial charge in [0, 0.05) is 35.3 Å². The van der Waals surface area contributed by atoms with Crippen molar-refractivity contribution in [2.24, 2.45) is 23.2 Å². The summed E-state index contributed by atoms with van der Waals surface area (Å²) in [5, 5.41) is 0. The van der Waals surface area contributed by atoms with Gasteiger partial charge >= 0.3 is 11.9 Å². The Kier molecular flexibility index (Phi) is 4.17. The van der Waals surface area contributed by atoms with Crippen molar-refractivity contribution in [1.82, 2.24) is 0 Å². The smallest absolute Gasteiger partial charge is 0.340 e. The van der Waals surface area contributed by atoms with Crippen LogP contribution in [0, 0.1) is 23.2 Å². The third-order valence-corrected chi connectivity index (χ3v) is 7.79. The number of allylic oxidation sites excluding steroid dienone is 3. The highest BCUT2D eigenvalue weighted by molar-refractivity contribution is 6.03. The summed E-state index contributed by atoms with van der Waals surface area (Å²) in [4.78, 5) is 39.7. The first kappa shape index (κ1) is 18.8. The van der Waals surface area contributed by atoms with E-state index < -0.39 is 11.0 Å². The summed E-state index contributed by atoms with van der Waals surface area (Å²) < 4.78 is 11.7. The molecule has 0 aromatic carbocycles. The molecule has 2 fully saturated rings. The quantitative estimate of drug-likeness (QED) is 0.515. The molecule has 5 heteroatoms. The molecule has 2 bridgehead atoms. The fraction of sp³-hybridized carbons (Fsp3) is 0.625. The van der Waals surface area contributed by atoms with Crippen LogP contribution in [0.4, 0.5) is 0 Å². The van der Waals surface area contributed by atoms with Crippen LogP contribution < -0.4 is 0 Å². The molecular weight excluding hydrogens is 368 g/mol. The van der Waals surface area contributed by atoms with Crippen LogP contribution in [0.1, 0.15) is 65.2 Å². The van der Waals surface area contributed by atoms with E-state index in [1.54, 1.807) is 0 Å². The second-order valence-corrected chi connectivity index (χ2v) is 9.08. The minimum atomic E-state index is -1.07. The number of hydrogen-bond acceptors (Lipinski definition) is 5. The Bertz CT molecular complexity index is 893. The normalized spacial score (nSPS) is 40.6. The molecular formula is C24H28O5. The van der Waals surface area contributed by atoms with Crippen LogP contribution in [0.15, 0.2) is 35.1 Å². The summed E-state index contributed by atoms with van der Waals surface area (Å²) in [5.41, 5.74) is -0.373. The minimum absolute atomic E-state index is 0.0418. The van der Waals surface area contributed by atoms with Crippen LogP contribution in [0.25, 0.3) is 0 Å². The molecule has 5 atom stereocenters. The van der Waals surface area contributed by atoms with Crippen molar-refractivity contribution < 1.29 is 23.9 Å². The lowest BCUT2D eigenvalue weighted by molar-refractivity contribution is -0.176. The SMILES string of the molecule is CCC/C=C1\OC(=O)C2=C1CC[C@H]1[C@H]2[C@@]23C=CCC[C@@H]2[C@]1(C(=O)CCC)OC3=O. The average Bonchev–Trinajstić information content (AvgIpc) is 3.28. The molecule has 2 aliphatic heterocycles. The Morgan fingerprint density at radius 2 is 2.07 bits per heavy atom. The number of unbranched alkanes of at least 4 members (excludes halogenated alkanes) is 1. The van der Waals surface area contributed by atoms with Crippen molar-refractivity contribution in [3.8, 4) is 0 Å². The molecule has 0 aromatic rings. The van der Waals surface area contributed by atoms with Crippen LogP contribution in [0.3, 0.4) is 0 Å². The molecule has 0 aromatic heterocycles. The standard InChI is InChI=1S/C24H28O5/c1-3-5-9-16-14-11-12-15-20(19(14)21(26)28-16)23-13-7-6-10-17(23)24(15,29-22(23)27)18(25)8-4-2/h7,9,13,15,17,20H,3-6,8,10-12H2,1-2H3/b16-9-/t15-,17-,20+,23+,24+/m0/s1. The number of esters is 2. The van der Waals surface area contributed by atoms with Gasteiger partial charge in [-0.15, -0.1) is 0 Å². The second-order valence-electron chi connectivity index (χ2n) is 9.08. The molecule has 5 nitrogen and oxygen atoms in total. The number of carbonyl (C=O) groups excluding carboxylic acids is 3. The molecule has 5 aliphatic rings. The fourth-order valence-corrected chi connectivity index (χ4v) is 6.84. The van der Waals surface area contributed by atoms with E-state index in [-0.39, 0.29) is 35.5 Å². The lowest BCUT2D eigenvalue weighted by atomic mass is 9.62. The molecule has 154 valence electrons. The highest BCUT2D eigenvalue weighted by Crippen LogP contribution is 2.72. The molecule has 0 radical (unpaired) electrons. The number of ketones is 1. The first-order valence-corrected chi connectivity index (χ1v) is 11.1. The zero-order valence-corrected chi connectivity index (χ0v) is 17.2. The van der Waals surface area contributed by atoms with Crippen molar-refractivity contribution >= 4 is 17.7 Å². The van der Waals surface area contributed by atoms with E-state index >= 15 is 0 Å². The van der Waals surface area contributed by atoms with Gasteiger partial charge in [0.15, 0.2) is 11.4 Å². The zero-order chi connectivity index (χ0) is 20.4. The first-order chi connectivity index (χ1) is 14.0. The summed E-state index contributed by atoms with van der Waals surface area (Å²) in [6, 6.07) is 0. The summed E-state index contributed by atoms with van der Waals surface area (Å²) in [6.07, 6.45) is 12.0. The maximum absolute atomic E-state index is 13.4. The maximum Gasteiger partial charge on any atom is 0.340 e. The van der Waals surface area contributed by atoms with Crippen molar-refractivity contribution in [1.29, 1.82) is 0 Å². The van der Waals surface area contributed by atoms with E-state index in [4.69, 9.17) is 9.47 Å². The van der Waals surface area contributed by atoms with E-state index in [1.165, 1.54) is 0 Å². The predicted molar refractivity (Wildman–Crippen MR) is 105 cm³/mol. The Hall–Kier alpha value is -2.17. The third kappa shape index (κ3) is 2.14. The number of cyclic esters (lactones) is 1. The molecule has 1 saturated heterocycles. The van der Waals surface area contributed by atoms with Crippen LogP contribution in [-0.4, -0.2) is 23.3 Å². The van der Waals surface area contributed by atoms with Gasteiger partial charge in [0.2, 0.25) is 0 Å². The Morgan fingerprint density at radius 3 is 2.83 bits per heavy atom. The number of carbonyl (C=O) groups is 3. The molecule has 29 heavy (non-hydrogen) atoms. The highest BCUT2D eigenvalue weighted by Gasteiger charge is 2.81. The fourth-order valence-electron chi connectivity index (χ4n) is 6.84. The zero-order valence-electron chi connectivity index (χ0n) is 17.2. The Labute approximate surface area is 171 Å². The second kappa shape index (κ2) is 6.41. The van der Waals surface area contributed by atoms with Crippen LogP contribution in [0.5, 0.6) is 0 Å². The molecule has 0 amide bonds. The van der Waals surface area contributed by atoms with Crippen molar-refractivity contribution in [2.45, 2.75) is 70.8 Å². The van der Waals surface area contributed by atoms with Crippen molar-refractivity contribution in [3.63, 3.8) is 0 Å². The topological polar surface area (TPSA) is 69.7 Å². The van der Waals surface area contributed by atoms with Gasteiger partial charge in [-0.2, -0.15) is 0 Å². The number of fused-ring (bicyclic) bond motifs is 3. The molecule has 1 saturated carbocycles. The summed E-state index contributed by atoms with van der Waals surface area (Å²) >= 11 is 0. The highest BCUT2D eigenvalue weighted by atomic mass is 16.6. The number of ether oxygens (including phenoxy) is 2. The molecule has 3 aliphatic carbocycles.